The van der Waals surface area contributed by atoms with Gasteiger partial charge in [0, 0.05) is 12.8 Å². The molecule has 4 N–H and O–H groups in total. The molecule has 0 aromatic rings. The van der Waals surface area contributed by atoms with E-state index in [2.05, 4.69) is 25.3 Å². The van der Waals surface area contributed by atoms with Crippen LogP contribution in [0.1, 0.15) is 175 Å². The van der Waals surface area contributed by atoms with Crippen LogP contribution in [0.4, 0.5) is 0 Å². The number of carbonyl (C=O) groups excluding carboxylic acids is 2. The molecule has 54 heavy (non-hydrogen) atoms. The van der Waals surface area contributed by atoms with Crippen LogP contribution in [-0.2, 0) is 28.2 Å². The molecule has 0 aromatic heterocycles. The van der Waals surface area contributed by atoms with Crippen molar-refractivity contribution in [1.82, 2.24) is 0 Å². The summed E-state index contributed by atoms with van der Waals surface area (Å²) in [5, 5.41) is 20.0. The van der Waals surface area contributed by atoms with E-state index in [0.717, 1.165) is 50.9 Å². The third-order valence-electron chi connectivity index (χ3n) is 8.99. The summed E-state index contributed by atoms with van der Waals surface area (Å²) in [6.07, 6.45) is 36.2. The summed E-state index contributed by atoms with van der Waals surface area (Å²) in [6.45, 7) is 5.73. The fraction of sp³-hybridized carbons (Fsp3) is 0.767. The highest BCUT2D eigenvalue weighted by atomic mass is 31.2. The third-order valence-corrected chi connectivity index (χ3v) is 9.47. The first-order chi connectivity index (χ1) is 25.9. The molecular formula is C43H77O10P. The Bertz CT molecular complexity index is 1060. The summed E-state index contributed by atoms with van der Waals surface area (Å²) in [5.74, 6) is -0.293. The van der Waals surface area contributed by atoms with E-state index in [1.54, 1.807) is 18.2 Å². The van der Waals surface area contributed by atoms with Gasteiger partial charge in [-0.15, -0.1) is 0 Å². The van der Waals surface area contributed by atoms with Crippen LogP contribution in [0.5, 0.6) is 0 Å². The number of allylic oxidation sites excluding steroid dienone is 6. The van der Waals surface area contributed by atoms with Crippen LogP contribution >= 0.6 is 7.82 Å². The monoisotopic (exact) mass is 785 g/mol. The van der Waals surface area contributed by atoms with Gasteiger partial charge in [-0.25, -0.2) is 4.57 Å². The second kappa shape index (κ2) is 36.6. The maximum absolute atomic E-state index is 12.4. The standard InChI is InChI=1S/C43H77O10P/c1-4-5-23-30-39(44)31-25-20-16-14-17-21-26-32-40(45)33-28-35-42(46)51-36-41(37-52-54(48,49)50)53-43(47)34-27-22-18-13-11-9-7-6-8-10-12-15-19-24-29-38(2)3/h16-17,20-21,25-26,31-32,38-41,44-45H,4-15,18-19,22-24,27-30,33-37H2,1-3H3,(H2,48,49,50)/b20-16-,21-17-,31-25+,32-26+/t39-,40-,41+/m0/s1. The molecule has 0 fully saturated rings. The van der Waals surface area contributed by atoms with Gasteiger partial charge in [0.15, 0.2) is 6.10 Å². The van der Waals surface area contributed by atoms with Gasteiger partial charge in [-0.1, -0.05) is 179 Å². The fourth-order valence-electron chi connectivity index (χ4n) is 5.77. The average Bonchev–Trinajstić information content (AvgIpc) is 3.11. The van der Waals surface area contributed by atoms with E-state index in [4.69, 9.17) is 19.3 Å². The largest absolute Gasteiger partial charge is 0.469 e. The number of rotatable bonds is 37. The lowest BCUT2D eigenvalue weighted by Gasteiger charge is -2.18. The topological polar surface area (TPSA) is 160 Å². The first-order valence-corrected chi connectivity index (χ1v) is 22.5. The van der Waals surface area contributed by atoms with E-state index in [-0.39, 0.29) is 19.4 Å². The van der Waals surface area contributed by atoms with E-state index in [1.165, 1.54) is 70.6 Å². The Kier molecular flexibility index (Phi) is 35.2. The summed E-state index contributed by atoms with van der Waals surface area (Å²) < 4.78 is 26.2. The van der Waals surface area contributed by atoms with Crippen LogP contribution in [0, 0.1) is 5.92 Å². The quantitative estimate of drug-likeness (QED) is 0.0207. The van der Waals surface area contributed by atoms with Crippen molar-refractivity contribution in [1.29, 1.82) is 0 Å². The Morgan fingerprint density at radius 1 is 0.593 bits per heavy atom. The summed E-state index contributed by atoms with van der Waals surface area (Å²) >= 11 is 0. The molecule has 0 aromatic carbocycles. The average molecular weight is 785 g/mol. The van der Waals surface area contributed by atoms with E-state index < -0.39 is 44.7 Å². The number of ether oxygens (including phenoxy) is 2. The van der Waals surface area contributed by atoms with Gasteiger partial charge in [0.25, 0.3) is 0 Å². The van der Waals surface area contributed by atoms with Gasteiger partial charge in [0.1, 0.15) is 6.61 Å². The zero-order chi connectivity index (χ0) is 40.1. The minimum absolute atomic E-state index is 0.0189. The number of aliphatic hydroxyl groups is 2. The molecule has 10 nitrogen and oxygen atoms in total. The van der Waals surface area contributed by atoms with Crippen molar-refractivity contribution in [2.24, 2.45) is 5.92 Å². The third kappa shape index (κ3) is 39.6. The second-order valence-corrected chi connectivity index (χ2v) is 16.1. The van der Waals surface area contributed by atoms with Crippen molar-refractivity contribution in [2.45, 2.75) is 193 Å². The number of hydrogen-bond acceptors (Lipinski definition) is 8. The smallest absolute Gasteiger partial charge is 0.462 e. The van der Waals surface area contributed by atoms with Gasteiger partial charge in [0.2, 0.25) is 0 Å². The molecule has 11 heteroatoms. The number of unbranched alkanes of at least 4 members (excludes halogenated alkanes) is 15. The number of esters is 2. The van der Waals surface area contributed by atoms with Crippen LogP contribution in [0.25, 0.3) is 0 Å². The molecule has 0 heterocycles. The number of aliphatic hydroxyl groups excluding tert-OH is 2. The van der Waals surface area contributed by atoms with Crippen molar-refractivity contribution >= 4 is 19.8 Å². The molecule has 0 radical (unpaired) electrons. The minimum atomic E-state index is -4.81. The van der Waals surface area contributed by atoms with E-state index in [9.17, 15) is 24.4 Å². The minimum Gasteiger partial charge on any atom is -0.462 e. The molecule has 0 aliphatic carbocycles. The first kappa shape index (κ1) is 51.9. The first-order valence-electron chi connectivity index (χ1n) is 21.0. The van der Waals surface area contributed by atoms with Crippen molar-refractivity contribution in [3.8, 4) is 0 Å². The molecule has 0 unspecified atom stereocenters. The maximum Gasteiger partial charge on any atom is 0.469 e. The maximum atomic E-state index is 12.4. The number of phosphoric acid groups is 1. The predicted molar refractivity (Wildman–Crippen MR) is 219 cm³/mol. The van der Waals surface area contributed by atoms with Gasteiger partial charge in [-0.3, -0.25) is 14.1 Å². The van der Waals surface area contributed by atoms with Crippen molar-refractivity contribution in [3.63, 3.8) is 0 Å². The van der Waals surface area contributed by atoms with Gasteiger partial charge < -0.3 is 29.5 Å². The molecule has 314 valence electrons. The SMILES string of the molecule is CCCCC[C@H](O)/C=C/C=C\C/C=C\C=C\[C@H](O)CCCC(=O)OC[C@H](COP(=O)(O)O)OC(=O)CCCCCCCCCCCCCCCCC(C)C. The Labute approximate surface area is 328 Å². The summed E-state index contributed by atoms with van der Waals surface area (Å²) in [5.41, 5.74) is 0. The zero-order valence-electron chi connectivity index (χ0n) is 34.0. The van der Waals surface area contributed by atoms with Crippen LogP contribution in [-0.4, -0.2) is 63.5 Å². The Balaban J connectivity index is 4.14. The molecule has 0 rings (SSSR count). The van der Waals surface area contributed by atoms with Gasteiger partial charge in [-0.2, -0.15) is 0 Å². The fourth-order valence-corrected chi connectivity index (χ4v) is 6.13. The zero-order valence-corrected chi connectivity index (χ0v) is 34.9. The van der Waals surface area contributed by atoms with Gasteiger partial charge in [-0.05, 0) is 38.0 Å². The lowest BCUT2D eigenvalue weighted by Crippen LogP contribution is -2.29. The molecule has 0 bridgehead atoms. The highest BCUT2D eigenvalue weighted by molar-refractivity contribution is 7.46. The molecular weight excluding hydrogens is 707 g/mol. The van der Waals surface area contributed by atoms with E-state index in [0.29, 0.717) is 25.7 Å². The van der Waals surface area contributed by atoms with E-state index in [1.807, 2.05) is 30.4 Å². The molecule has 0 amide bonds. The molecule has 0 saturated carbocycles. The predicted octanol–water partition coefficient (Wildman–Crippen LogP) is 10.5. The Morgan fingerprint density at radius 2 is 1.06 bits per heavy atom. The van der Waals surface area contributed by atoms with E-state index >= 15 is 0 Å². The van der Waals surface area contributed by atoms with Gasteiger partial charge >= 0.3 is 19.8 Å². The highest BCUT2D eigenvalue weighted by Crippen LogP contribution is 2.36. The highest BCUT2D eigenvalue weighted by Gasteiger charge is 2.23. The van der Waals surface area contributed by atoms with Crippen molar-refractivity contribution < 1.29 is 48.2 Å². The summed E-state index contributed by atoms with van der Waals surface area (Å²) in [4.78, 5) is 42.9. The molecule has 0 spiro atoms. The second-order valence-electron chi connectivity index (χ2n) is 14.8. The molecule has 0 aliphatic rings. The van der Waals surface area contributed by atoms with Crippen molar-refractivity contribution in [2.75, 3.05) is 13.2 Å². The van der Waals surface area contributed by atoms with Crippen molar-refractivity contribution in [3.05, 3.63) is 48.6 Å². The molecule has 0 aliphatic heterocycles. The Hall–Kier alpha value is -2.07. The Morgan fingerprint density at radius 3 is 1.56 bits per heavy atom. The van der Waals surface area contributed by atoms with Gasteiger partial charge in [0.05, 0.1) is 18.8 Å². The number of phosphoric ester groups is 1. The van der Waals surface area contributed by atoms with Crippen LogP contribution in [0.2, 0.25) is 0 Å². The molecule has 3 atom stereocenters. The number of hydrogen-bond donors (Lipinski definition) is 4. The molecule has 0 saturated heterocycles. The number of carbonyl (C=O) groups is 2. The van der Waals surface area contributed by atoms with Crippen LogP contribution in [0.3, 0.4) is 0 Å². The lowest BCUT2D eigenvalue weighted by atomic mass is 10.0. The van der Waals surface area contributed by atoms with Crippen LogP contribution in [0.15, 0.2) is 48.6 Å². The normalized spacial score (nSPS) is 14.2. The summed E-state index contributed by atoms with van der Waals surface area (Å²) in [7, 11) is -4.81. The lowest BCUT2D eigenvalue weighted by molar-refractivity contribution is -0.161. The summed E-state index contributed by atoms with van der Waals surface area (Å²) in [6, 6.07) is 0. The van der Waals surface area contributed by atoms with Crippen LogP contribution < -0.4 is 0 Å².